The Bertz CT molecular complexity index is 244. The third kappa shape index (κ3) is 2.44. The van der Waals surface area contributed by atoms with Crippen LogP contribution in [0.5, 0.6) is 0 Å². The first-order valence-corrected chi connectivity index (χ1v) is 6.42. The van der Waals surface area contributed by atoms with Gasteiger partial charge in [0.05, 0.1) is 6.54 Å². The second-order valence-corrected chi connectivity index (χ2v) is 6.44. The minimum Gasteiger partial charge on any atom is -0.364 e. The van der Waals surface area contributed by atoms with E-state index in [0.29, 0.717) is 10.7 Å². The maximum absolute atomic E-state index is 4.54. The Morgan fingerprint density at radius 3 is 2.79 bits per heavy atom. The summed E-state index contributed by atoms with van der Waals surface area (Å²) in [6, 6.07) is 0. The van der Waals surface area contributed by atoms with Crippen molar-refractivity contribution in [2.45, 2.75) is 38.9 Å². The van der Waals surface area contributed by atoms with Crippen LogP contribution in [0.3, 0.4) is 0 Å². The fraction of sp³-hybridized carbons (Fsp3) is 0.909. The molecule has 0 aromatic rings. The molecule has 0 spiro atoms. The topological polar surface area (TPSA) is 24.4 Å². The molecule has 0 aromatic carbocycles. The summed E-state index contributed by atoms with van der Waals surface area (Å²) in [4.78, 5) is 4.54. The zero-order chi connectivity index (χ0) is 10.2. The van der Waals surface area contributed by atoms with Crippen LogP contribution in [0, 0.1) is 11.3 Å². The quantitative estimate of drug-likeness (QED) is 0.777. The van der Waals surface area contributed by atoms with E-state index in [0.717, 1.165) is 19.0 Å². The Kier molecular flexibility index (Phi) is 2.78. The Labute approximate surface area is 90.9 Å². The highest BCUT2D eigenvalue weighted by Gasteiger charge is 2.37. The van der Waals surface area contributed by atoms with Gasteiger partial charge in [0.25, 0.3) is 0 Å². The average molecular weight is 212 g/mol. The van der Waals surface area contributed by atoms with Crippen molar-refractivity contribution in [3.63, 3.8) is 0 Å². The normalized spacial score (nSPS) is 29.1. The van der Waals surface area contributed by atoms with Crippen molar-refractivity contribution in [1.29, 1.82) is 0 Å². The minimum absolute atomic E-state index is 0.582. The highest BCUT2D eigenvalue weighted by atomic mass is 32.2. The molecular formula is C11H20N2S. The maximum atomic E-state index is 4.54. The van der Waals surface area contributed by atoms with E-state index in [1.165, 1.54) is 18.0 Å². The third-order valence-electron chi connectivity index (χ3n) is 3.19. The van der Waals surface area contributed by atoms with Crippen LogP contribution >= 0.6 is 11.8 Å². The van der Waals surface area contributed by atoms with Crippen LogP contribution in [0.15, 0.2) is 4.99 Å². The molecular weight excluding hydrogens is 192 g/mol. The van der Waals surface area contributed by atoms with Gasteiger partial charge in [0, 0.05) is 11.8 Å². The van der Waals surface area contributed by atoms with Crippen molar-refractivity contribution in [3.05, 3.63) is 0 Å². The van der Waals surface area contributed by atoms with Crippen molar-refractivity contribution in [3.8, 4) is 0 Å². The molecule has 1 aliphatic carbocycles. The number of amidine groups is 1. The van der Waals surface area contributed by atoms with E-state index in [-0.39, 0.29) is 0 Å². The van der Waals surface area contributed by atoms with Crippen molar-refractivity contribution >= 4 is 16.9 Å². The molecule has 0 amide bonds. The lowest BCUT2D eigenvalue weighted by Crippen LogP contribution is -2.26. The van der Waals surface area contributed by atoms with E-state index >= 15 is 0 Å². The van der Waals surface area contributed by atoms with Crippen molar-refractivity contribution in [2.75, 3.05) is 13.1 Å². The zero-order valence-corrected chi connectivity index (χ0v) is 10.2. The first kappa shape index (κ1) is 10.3. The molecule has 1 unspecified atom stereocenters. The summed E-state index contributed by atoms with van der Waals surface area (Å²) in [6.45, 7) is 9.02. The van der Waals surface area contributed by atoms with Gasteiger partial charge >= 0.3 is 0 Å². The Balaban J connectivity index is 1.73. The molecule has 3 heteroatoms. The fourth-order valence-corrected chi connectivity index (χ4v) is 2.53. The lowest BCUT2D eigenvalue weighted by molar-refractivity contribution is 0.558. The van der Waals surface area contributed by atoms with Crippen molar-refractivity contribution in [1.82, 2.24) is 5.32 Å². The molecule has 0 saturated heterocycles. The molecule has 14 heavy (non-hydrogen) atoms. The molecule has 1 saturated carbocycles. The zero-order valence-electron chi connectivity index (χ0n) is 9.34. The monoisotopic (exact) mass is 212 g/mol. The van der Waals surface area contributed by atoms with Crippen LogP contribution in [0.1, 0.15) is 33.6 Å². The van der Waals surface area contributed by atoms with Crippen LogP contribution in [0.2, 0.25) is 0 Å². The van der Waals surface area contributed by atoms with Gasteiger partial charge in [-0.15, -0.1) is 0 Å². The molecule has 2 rings (SSSR count). The summed E-state index contributed by atoms with van der Waals surface area (Å²) in [7, 11) is 0. The predicted octanol–water partition coefficient (Wildman–Crippen LogP) is 2.50. The van der Waals surface area contributed by atoms with Crippen molar-refractivity contribution in [2.24, 2.45) is 16.3 Å². The van der Waals surface area contributed by atoms with E-state index < -0.39 is 0 Å². The smallest absolute Gasteiger partial charge is 0.156 e. The summed E-state index contributed by atoms with van der Waals surface area (Å²) in [5.41, 5.74) is 0.582. The summed E-state index contributed by atoms with van der Waals surface area (Å²) in [5.74, 6) is 0.736. The molecule has 2 aliphatic rings. The van der Waals surface area contributed by atoms with Crippen LogP contribution in [0.4, 0.5) is 0 Å². The highest BCUT2D eigenvalue weighted by molar-refractivity contribution is 8.14. The minimum atomic E-state index is 0.582. The lowest BCUT2D eigenvalue weighted by atomic mass is 10.1. The van der Waals surface area contributed by atoms with Gasteiger partial charge in [-0.25, -0.2) is 0 Å². The largest absolute Gasteiger partial charge is 0.364 e. The summed E-state index contributed by atoms with van der Waals surface area (Å²) in [6.07, 6.45) is 2.76. The SMILES string of the molecule is CC(C)C1CN=C(NCC2(C)CC2)S1. The maximum Gasteiger partial charge on any atom is 0.156 e. The molecule has 0 bridgehead atoms. The highest BCUT2D eigenvalue weighted by Crippen LogP contribution is 2.44. The molecule has 80 valence electrons. The number of aliphatic imine (C=N–C) groups is 1. The molecule has 0 aromatic heterocycles. The van der Waals surface area contributed by atoms with Gasteiger partial charge in [0.1, 0.15) is 0 Å². The number of rotatable bonds is 3. The van der Waals surface area contributed by atoms with Crippen LogP contribution in [-0.4, -0.2) is 23.5 Å². The second-order valence-electron chi connectivity index (χ2n) is 5.21. The number of thioether (sulfide) groups is 1. The van der Waals surface area contributed by atoms with E-state index in [4.69, 9.17) is 0 Å². The average Bonchev–Trinajstić information content (AvgIpc) is 2.68. The Morgan fingerprint density at radius 1 is 1.57 bits per heavy atom. The first-order chi connectivity index (χ1) is 6.59. The number of hydrogen-bond donors (Lipinski definition) is 1. The molecule has 1 atom stereocenters. The van der Waals surface area contributed by atoms with Crippen LogP contribution in [0.25, 0.3) is 0 Å². The summed E-state index contributed by atoms with van der Waals surface area (Å²) in [5, 5.41) is 5.36. The standard InChI is InChI=1S/C11H20N2S/c1-8(2)9-6-12-10(14-9)13-7-11(3)4-5-11/h8-9H,4-7H2,1-3H3,(H,12,13). The summed E-state index contributed by atoms with van der Waals surface area (Å²) < 4.78 is 0. The van der Waals surface area contributed by atoms with Gasteiger partial charge < -0.3 is 5.32 Å². The van der Waals surface area contributed by atoms with Crippen molar-refractivity contribution < 1.29 is 0 Å². The number of nitrogens with one attached hydrogen (secondary N) is 1. The number of hydrogen-bond acceptors (Lipinski definition) is 3. The Hall–Kier alpha value is -0.180. The van der Waals surface area contributed by atoms with Gasteiger partial charge in [-0.1, -0.05) is 32.5 Å². The third-order valence-corrected chi connectivity index (χ3v) is 4.68. The first-order valence-electron chi connectivity index (χ1n) is 5.54. The van der Waals surface area contributed by atoms with E-state index in [1.807, 2.05) is 11.8 Å². The van der Waals surface area contributed by atoms with Crippen LogP contribution in [-0.2, 0) is 0 Å². The van der Waals surface area contributed by atoms with Gasteiger partial charge in [0.2, 0.25) is 0 Å². The lowest BCUT2D eigenvalue weighted by Gasteiger charge is -2.13. The molecule has 1 N–H and O–H groups in total. The summed E-state index contributed by atoms with van der Waals surface area (Å²) >= 11 is 1.93. The van der Waals surface area contributed by atoms with Gasteiger partial charge in [-0.05, 0) is 24.2 Å². The molecule has 0 radical (unpaired) electrons. The predicted molar refractivity (Wildman–Crippen MR) is 63.9 cm³/mol. The molecule has 1 heterocycles. The fourth-order valence-electron chi connectivity index (χ4n) is 1.51. The molecule has 1 aliphatic heterocycles. The van der Waals surface area contributed by atoms with Gasteiger partial charge in [-0.3, -0.25) is 4.99 Å². The molecule has 2 nitrogen and oxygen atoms in total. The van der Waals surface area contributed by atoms with E-state index in [1.54, 1.807) is 0 Å². The van der Waals surface area contributed by atoms with Gasteiger partial charge in [-0.2, -0.15) is 0 Å². The van der Waals surface area contributed by atoms with Gasteiger partial charge in [0.15, 0.2) is 5.17 Å². The second kappa shape index (κ2) is 3.76. The number of nitrogens with zero attached hydrogens (tertiary/aromatic N) is 1. The van der Waals surface area contributed by atoms with E-state index in [2.05, 4.69) is 31.1 Å². The molecule has 1 fully saturated rings. The van der Waals surface area contributed by atoms with E-state index in [9.17, 15) is 0 Å². The van der Waals surface area contributed by atoms with Crippen LogP contribution < -0.4 is 5.32 Å². The Morgan fingerprint density at radius 2 is 2.29 bits per heavy atom.